The van der Waals surface area contributed by atoms with Gasteiger partial charge >= 0.3 is 0 Å². The quantitative estimate of drug-likeness (QED) is 0.671. The number of amides is 1. The Morgan fingerprint density at radius 1 is 1.04 bits per heavy atom. The molecule has 3 rings (SSSR count). The first-order chi connectivity index (χ1) is 13.1. The normalized spacial score (nSPS) is 10.1. The van der Waals surface area contributed by atoms with E-state index < -0.39 is 0 Å². The van der Waals surface area contributed by atoms with Crippen LogP contribution in [0.3, 0.4) is 0 Å². The molecule has 0 fully saturated rings. The molecule has 0 spiro atoms. The molecular weight excluding hydrogens is 360 g/mol. The lowest BCUT2D eigenvalue weighted by molar-refractivity contribution is 0.0954. The van der Waals surface area contributed by atoms with Crippen molar-refractivity contribution in [2.45, 2.75) is 6.42 Å². The molecule has 6 heteroatoms. The average Bonchev–Trinajstić information content (AvgIpc) is 2.70. The van der Waals surface area contributed by atoms with Crippen LogP contribution in [0.1, 0.15) is 21.5 Å². The third-order valence-corrected chi connectivity index (χ3v) is 4.17. The number of nitrogens with zero attached hydrogens (tertiary/aromatic N) is 2. The number of aromatic nitrogens is 1. The van der Waals surface area contributed by atoms with Gasteiger partial charge in [-0.1, -0.05) is 23.7 Å². The molecule has 5 nitrogen and oxygen atoms in total. The molecule has 134 valence electrons. The minimum absolute atomic E-state index is 0.181. The summed E-state index contributed by atoms with van der Waals surface area (Å²) in [6.45, 7) is 0.522. The van der Waals surface area contributed by atoms with Crippen molar-refractivity contribution in [2.24, 2.45) is 0 Å². The summed E-state index contributed by atoms with van der Waals surface area (Å²) in [5, 5.41) is 15.6. The molecular formula is C21H17ClN4O. The molecule has 0 atom stereocenters. The molecule has 0 radical (unpaired) electrons. The van der Waals surface area contributed by atoms with E-state index >= 15 is 0 Å². The van der Waals surface area contributed by atoms with Crippen molar-refractivity contribution in [3.63, 3.8) is 0 Å². The SMILES string of the molecule is N#Cc1ccc(Nc2cncc(C(=O)NCCc3ccc(Cl)cc3)c2)cc1. The Morgan fingerprint density at radius 3 is 2.48 bits per heavy atom. The third-order valence-electron chi connectivity index (χ3n) is 3.92. The molecule has 0 saturated carbocycles. The van der Waals surface area contributed by atoms with Gasteiger partial charge in [-0.2, -0.15) is 5.26 Å². The van der Waals surface area contributed by atoms with Crippen LogP contribution in [-0.2, 0) is 6.42 Å². The molecule has 1 aromatic heterocycles. The van der Waals surface area contributed by atoms with Gasteiger partial charge in [0.2, 0.25) is 0 Å². The second-order valence-corrected chi connectivity index (χ2v) is 6.35. The molecule has 0 bridgehead atoms. The summed E-state index contributed by atoms with van der Waals surface area (Å²) >= 11 is 5.87. The number of anilines is 2. The number of carbonyl (C=O) groups is 1. The second kappa shape index (κ2) is 8.84. The number of hydrogen-bond acceptors (Lipinski definition) is 4. The van der Waals surface area contributed by atoms with Gasteiger partial charge in [0.1, 0.15) is 0 Å². The van der Waals surface area contributed by atoms with Crippen molar-refractivity contribution in [1.82, 2.24) is 10.3 Å². The van der Waals surface area contributed by atoms with Gasteiger partial charge in [0.15, 0.2) is 0 Å². The Balaban J connectivity index is 1.57. The minimum atomic E-state index is -0.181. The van der Waals surface area contributed by atoms with Crippen molar-refractivity contribution >= 4 is 28.9 Å². The van der Waals surface area contributed by atoms with Gasteiger partial charge in [-0.3, -0.25) is 9.78 Å². The number of hydrogen-bond donors (Lipinski definition) is 2. The van der Waals surface area contributed by atoms with Crippen LogP contribution in [0.25, 0.3) is 0 Å². The van der Waals surface area contributed by atoms with Crippen LogP contribution >= 0.6 is 11.6 Å². The van der Waals surface area contributed by atoms with Gasteiger partial charge in [0.05, 0.1) is 29.1 Å². The van der Waals surface area contributed by atoms with Crippen LogP contribution in [0.5, 0.6) is 0 Å². The van der Waals surface area contributed by atoms with Crippen molar-refractivity contribution in [1.29, 1.82) is 5.26 Å². The number of carbonyl (C=O) groups excluding carboxylic acids is 1. The molecule has 0 saturated heterocycles. The van der Waals surface area contributed by atoms with E-state index in [4.69, 9.17) is 16.9 Å². The first-order valence-corrected chi connectivity index (χ1v) is 8.77. The standard InChI is InChI=1S/C21H17ClN4O/c22-18-5-1-15(2-6-18)9-10-25-21(27)17-11-20(14-24-13-17)26-19-7-3-16(12-23)4-8-19/h1-8,11,13-14,26H,9-10H2,(H,25,27). The number of halogens is 1. The average molecular weight is 377 g/mol. The summed E-state index contributed by atoms with van der Waals surface area (Å²) in [5.41, 5.74) is 3.69. The van der Waals surface area contributed by atoms with E-state index in [2.05, 4.69) is 21.7 Å². The zero-order chi connectivity index (χ0) is 19.1. The van der Waals surface area contributed by atoms with E-state index in [0.717, 1.165) is 17.7 Å². The van der Waals surface area contributed by atoms with E-state index in [9.17, 15) is 4.79 Å². The Bertz CT molecular complexity index is 963. The molecule has 2 aromatic carbocycles. The number of nitriles is 1. The van der Waals surface area contributed by atoms with E-state index in [1.54, 1.807) is 36.5 Å². The summed E-state index contributed by atoms with van der Waals surface area (Å²) in [6.07, 6.45) is 3.89. The summed E-state index contributed by atoms with van der Waals surface area (Å²) in [7, 11) is 0. The molecule has 0 unspecified atom stereocenters. The highest BCUT2D eigenvalue weighted by Crippen LogP contribution is 2.17. The van der Waals surface area contributed by atoms with E-state index in [1.165, 1.54) is 6.20 Å². The highest BCUT2D eigenvalue weighted by Gasteiger charge is 2.07. The minimum Gasteiger partial charge on any atom is -0.354 e. The second-order valence-electron chi connectivity index (χ2n) is 5.91. The molecule has 2 N–H and O–H groups in total. The number of benzene rings is 2. The summed E-state index contributed by atoms with van der Waals surface area (Å²) in [4.78, 5) is 16.5. The van der Waals surface area contributed by atoms with Crippen LogP contribution in [0.2, 0.25) is 5.02 Å². The highest BCUT2D eigenvalue weighted by molar-refractivity contribution is 6.30. The van der Waals surface area contributed by atoms with Crippen LogP contribution in [-0.4, -0.2) is 17.4 Å². The van der Waals surface area contributed by atoms with Crippen molar-refractivity contribution in [3.8, 4) is 6.07 Å². The Morgan fingerprint density at radius 2 is 1.78 bits per heavy atom. The third kappa shape index (κ3) is 5.30. The molecule has 0 aliphatic rings. The molecule has 27 heavy (non-hydrogen) atoms. The smallest absolute Gasteiger partial charge is 0.252 e. The van der Waals surface area contributed by atoms with Gasteiger partial charge in [-0.05, 0) is 54.4 Å². The first kappa shape index (κ1) is 18.4. The lowest BCUT2D eigenvalue weighted by atomic mass is 10.1. The first-order valence-electron chi connectivity index (χ1n) is 8.39. The van der Waals surface area contributed by atoms with Gasteiger partial charge in [-0.15, -0.1) is 0 Å². The number of rotatable bonds is 6. The van der Waals surface area contributed by atoms with Crippen molar-refractivity contribution < 1.29 is 4.79 Å². The van der Waals surface area contributed by atoms with Gasteiger partial charge < -0.3 is 10.6 Å². The predicted octanol–water partition coefficient (Wildman–Crippen LogP) is 4.32. The fourth-order valence-electron chi connectivity index (χ4n) is 2.50. The van der Waals surface area contributed by atoms with Gasteiger partial charge in [-0.25, -0.2) is 0 Å². The van der Waals surface area contributed by atoms with Gasteiger partial charge in [0, 0.05) is 23.5 Å². The fourth-order valence-corrected chi connectivity index (χ4v) is 2.63. The Kier molecular flexibility index (Phi) is 6.03. The highest BCUT2D eigenvalue weighted by atomic mass is 35.5. The molecule has 3 aromatic rings. The van der Waals surface area contributed by atoms with E-state index in [0.29, 0.717) is 28.4 Å². The zero-order valence-electron chi connectivity index (χ0n) is 14.4. The molecule has 1 amide bonds. The molecule has 0 aliphatic heterocycles. The largest absolute Gasteiger partial charge is 0.354 e. The van der Waals surface area contributed by atoms with Crippen molar-refractivity contribution in [3.05, 3.63) is 88.7 Å². The predicted molar refractivity (Wildman–Crippen MR) is 106 cm³/mol. The van der Waals surface area contributed by atoms with Crippen LogP contribution in [0, 0.1) is 11.3 Å². The van der Waals surface area contributed by atoms with E-state index in [-0.39, 0.29) is 5.91 Å². The van der Waals surface area contributed by atoms with Crippen LogP contribution < -0.4 is 10.6 Å². The maximum atomic E-state index is 12.3. The molecule has 1 heterocycles. The van der Waals surface area contributed by atoms with Crippen LogP contribution in [0.15, 0.2) is 67.0 Å². The van der Waals surface area contributed by atoms with Crippen LogP contribution in [0.4, 0.5) is 11.4 Å². The van der Waals surface area contributed by atoms with Crippen molar-refractivity contribution in [2.75, 3.05) is 11.9 Å². The summed E-state index contributed by atoms with van der Waals surface area (Å²) < 4.78 is 0. The zero-order valence-corrected chi connectivity index (χ0v) is 15.2. The molecule has 0 aliphatic carbocycles. The Hall–Kier alpha value is -3.36. The van der Waals surface area contributed by atoms with E-state index in [1.807, 2.05) is 24.3 Å². The maximum absolute atomic E-state index is 12.3. The van der Waals surface area contributed by atoms with Gasteiger partial charge in [0.25, 0.3) is 5.91 Å². The monoisotopic (exact) mass is 376 g/mol. The lowest BCUT2D eigenvalue weighted by Crippen LogP contribution is -2.25. The lowest BCUT2D eigenvalue weighted by Gasteiger charge is -2.09. The fraction of sp³-hybridized carbons (Fsp3) is 0.0952. The summed E-state index contributed by atoms with van der Waals surface area (Å²) in [6, 6.07) is 18.4. The maximum Gasteiger partial charge on any atom is 0.252 e. The number of nitrogens with one attached hydrogen (secondary N) is 2. The Labute approximate surface area is 162 Å². The topological polar surface area (TPSA) is 77.8 Å². The summed E-state index contributed by atoms with van der Waals surface area (Å²) in [5.74, 6) is -0.181. The number of pyridine rings is 1.